The van der Waals surface area contributed by atoms with Crippen molar-refractivity contribution >= 4 is 0 Å². The molecule has 16 heavy (non-hydrogen) atoms. The van der Waals surface area contributed by atoms with Gasteiger partial charge in [-0.1, -0.05) is 58.8 Å². The molecule has 1 unspecified atom stereocenters. The first-order chi connectivity index (χ1) is 7.68. The van der Waals surface area contributed by atoms with Crippen LogP contribution in [-0.2, 0) is 0 Å². The summed E-state index contributed by atoms with van der Waals surface area (Å²) >= 11 is 0. The molecule has 1 nitrogen and oxygen atoms in total. The second-order valence-corrected chi connectivity index (χ2v) is 6.17. The van der Waals surface area contributed by atoms with Crippen LogP contribution in [-0.4, -0.2) is 6.04 Å². The minimum atomic E-state index is 0.473. The van der Waals surface area contributed by atoms with Crippen LogP contribution in [0.25, 0.3) is 0 Å². The van der Waals surface area contributed by atoms with Gasteiger partial charge in [0.25, 0.3) is 0 Å². The third-order valence-electron chi connectivity index (χ3n) is 4.03. The van der Waals surface area contributed by atoms with Crippen LogP contribution in [0.15, 0.2) is 0 Å². The summed E-state index contributed by atoms with van der Waals surface area (Å²) in [6.45, 7) is 4.60. The van der Waals surface area contributed by atoms with Gasteiger partial charge in [-0.05, 0) is 31.1 Å². The summed E-state index contributed by atoms with van der Waals surface area (Å²) < 4.78 is 0. The highest BCUT2D eigenvalue weighted by atomic mass is 14.6. The molecule has 0 aromatic rings. The summed E-state index contributed by atoms with van der Waals surface area (Å²) in [5.74, 6) is 1.84. The van der Waals surface area contributed by atoms with E-state index in [2.05, 4.69) is 13.8 Å². The van der Waals surface area contributed by atoms with Crippen molar-refractivity contribution in [1.82, 2.24) is 0 Å². The second kappa shape index (κ2) is 8.11. The molecule has 1 rings (SSSR count). The Morgan fingerprint density at radius 2 is 1.69 bits per heavy atom. The van der Waals surface area contributed by atoms with E-state index in [9.17, 15) is 0 Å². The Labute approximate surface area is 102 Å². The van der Waals surface area contributed by atoms with Gasteiger partial charge in [0, 0.05) is 6.04 Å². The topological polar surface area (TPSA) is 26.0 Å². The van der Waals surface area contributed by atoms with Gasteiger partial charge < -0.3 is 5.73 Å². The first kappa shape index (κ1) is 14.0. The van der Waals surface area contributed by atoms with E-state index in [0.717, 1.165) is 11.8 Å². The quantitative estimate of drug-likeness (QED) is 0.678. The molecule has 0 aromatic heterocycles. The van der Waals surface area contributed by atoms with Crippen LogP contribution >= 0.6 is 0 Å². The smallest absolute Gasteiger partial charge is 0.00389 e. The Bertz CT molecular complexity index is 159. The average Bonchev–Trinajstić information content (AvgIpc) is 2.27. The van der Waals surface area contributed by atoms with Crippen molar-refractivity contribution in [3.63, 3.8) is 0 Å². The minimum Gasteiger partial charge on any atom is -0.328 e. The van der Waals surface area contributed by atoms with Crippen LogP contribution in [0.2, 0.25) is 0 Å². The molecule has 0 heterocycles. The highest BCUT2D eigenvalue weighted by Gasteiger charge is 2.14. The van der Waals surface area contributed by atoms with Crippen molar-refractivity contribution in [2.45, 2.75) is 84.1 Å². The molecule has 1 fully saturated rings. The first-order valence-electron chi connectivity index (χ1n) is 7.44. The summed E-state index contributed by atoms with van der Waals surface area (Å²) in [5, 5.41) is 0. The lowest BCUT2D eigenvalue weighted by Crippen LogP contribution is -2.21. The molecule has 0 aromatic carbocycles. The molecule has 0 spiro atoms. The van der Waals surface area contributed by atoms with Crippen molar-refractivity contribution in [1.29, 1.82) is 0 Å². The monoisotopic (exact) mass is 225 g/mol. The molecule has 96 valence electrons. The molecule has 0 saturated heterocycles. The largest absolute Gasteiger partial charge is 0.328 e. The zero-order chi connectivity index (χ0) is 11.8. The van der Waals surface area contributed by atoms with Crippen LogP contribution in [0.1, 0.15) is 78.1 Å². The fraction of sp³-hybridized carbons (Fsp3) is 1.00. The van der Waals surface area contributed by atoms with E-state index in [4.69, 9.17) is 5.73 Å². The Morgan fingerprint density at radius 1 is 1.00 bits per heavy atom. The van der Waals surface area contributed by atoms with E-state index >= 15 is 0 Å². The molecule has 1 atom stereocenters. The number of nitrogens with two attached hydrogens (primary N) is 1. The summed E-state index contributed by atoms with van der Waals surface area (Å²) in [4.78, 5) is 0. The zero-order valence-corrected chi connectivity index (χ0v) is 11.4. The maximum atomic E-state index is 6.18. The standard InChI is InChI=1S/C15H31N/c1-13(2)7-6-10-15(16)12-11-14-8-4-3-5-9-14/h13-15H,3-12,16H2,1-2H3. The lowest BCUT2D eigenvalue weighted by Gasteiger charge is -2.23. The van der Waals surface area contributed by atoms with Gasteiger partial charge in [0.15, 0.2) is 0 Å². The fourth-order valence-electron chi connectivity index (χ4n) is 2.86. The van der Waals surface area contributed by atoms with Crippen LogP contribution in [0, 0.1) is 11.8 Å². The van der Waals surface area contributed by atoms with Crippen molar-refractivity contribution in [3.8, 4) is 0 Å². The van der Waals surface area contributed by atoms with Gasteiger partial charge in [-0.25, -0.2) is 0 Å². The van der Waals surface area contributed by atoms with E-state index in [1.807, 2.05) is 0 Å². The molecular weight excluding hydrogens is 194 g/mol. The molecule has 2 N–H and O–H groups in total. The van der Waals surface area contributed by atoms with Gasteiger partial charge in [-0.3, -0.25) is 0 Å². The van der Waals surface area contributed by atoms with E-state index < -0.39 is 0 Å². The SMILES string of the molecule is CC(C)CCCC(N)CCC1CCCCC1. The number of hydrogen-bond acceptors (Lipinski definition) is 1. The Morgan fingerprint density at radius 3 is 2.31 bits per heavy atom. The van der Waals surface area contributed by atoms with Gasteiger partial charge in [0.2, 0.25) is 0 Å². The third kappa shape index (κ3) is 6.52. The van der Waals surface area contributed by atoms with Crippen molar-refractivity contribution < 1.29 is 0 Å². The Hall–Kier alpha value is -0.0400. The van der Waals surface area contributed by atoms with Crippen LogP contribution in [0.3, 0.4) is 0 Å². The summed E-state index contributed by atoms with van der Waals surface area (Å²) in [6, 6.07) is 0.473. The normalized spacial score (nSPS) is 20.2. The maximum Gasteiger partial charge on any atom is 0.00389 e. The van der Waals surface area contributed by atoms with Gasteiger partial charge >= 0.3 is 0 Å². The highest BCUT2D eigenvalue weighted by molar-refractivity contribution is 4.70. The maximum absolute atomic E-state index is 6.18. The first-order valence-corrected chi connectivity index (χ1v) is 7.44. The molecule has 1 aliphatic rings. The second-order valence-electron chi connectivity index (χ2n) is 6.17. The average molecular weight is 225 g/mol. The van der Waals surface area contributed by atoms with Crippen molar-refractivity contribution in [3.05, 3.63) is 0 Å². The van der Waals surface area contributed by atoms with Crippen molar-refractivity contribution in [2.75, 3.05) is 0 Å². The number of hydrogen-bond donors (Lipinski definition) is 1. The van der Waals surface area contributed by atoms with E-state index in [-0.39, 0.29) is 0 Å². The molecule has 1 saturated carbocycles. The summed E-state index contributed by atoms with van der Waals surface area (Å²) in [5.41, 5.74) is 6.18. The predicted molar refractivity (Wildman–Crippen MR) is 72.5 cm³/mol. The number of rotatable bonds is 7. The molecule has 0 radical (unpaired) electrons. The lowest BCUT2D eigenvalue weighted by molar-refractivity contribution is 0.318. The van der Waals surface area contributed by atoms with Gasteiger partial charge in [0.05, 0.1) is 0 Å². The van der Waals surface area contributed by atoms with E-state index in [1.165, 1.54) is 64.2 Å². The molecule has 0 aliphatic heterocycles. The zero-order valence-electron chi connectivity index (χ0n) is 11.4. The van der Waals surface area contributed by atoms with Gasteiger partial charge in [-0.2, -0.15) is 0 Å². The molecule has 0 amide bonds. The van der Waals surface area contributed by atoms with Crippen LogP contribution < -0.4 is 5.73 Å². The Kier molecular flexibility index (Phi) is 7.11. The van der Waals surface area contributed by atoms with Gasteiger partial charge in [0.1, 0.15) is 0 Å². The predicted octanol–water partition coefficient (Wildman–Crippen LogP) is 4.50. The lowest BCUT2D eigenvalue weighted by atomic mass is 9.85. The molecular formula is C15H31N. The minimum absolute atomic E-state index is 0.473. The van der Waals surface area contributed by atoms with E-state index in [1.54, 1.807) is 0 Å². The summed E-state index contributed by atoms with van der Waals surface area (Å²) in [6.07, 6.45) is 13.9. The molecule has 1 heteroatoms. The van der Waals surface area contributed by atoms with Crippen LogP contribution in [0.4, 0.5) is 0 Å². The van der Waals surface area contributed by atoms with Gasteiger partial charge in [-0.15, -0.1) is 0 Å². The summed E-state index contributed by atoms with van der Waals surface area (Å²) in [7, 11) is 0. The Balaban J connectivity index is 1.98. The molecule has 1 aliphatic carbocycles. The van der Waals surface area contributed by atoms with Crippen molar-refractivity contribution in [2.24, 2.45) is 17.6 Å². The highest BCUT2D eigenvalue weighted by Crippen LogP contribution is 2.27. The van der Waals surface area contributed by atoms with E-state index in [0.29, 0.717) is 6.04 Å². The fourth-order valence-corrected chi connectivity index (χ4v) is 2.86. The molecule has 0 bridgehead atoms. The van der Waals surface area contributed by atoms with Crippen LogP contribution in [0.5, 0.6) is 0 Å². The third-order valence-corrected chi connectivity index (χ3v) is 4.03.